The Balaban J connectivity index is 2.53. The fourth-order valence-electron chi connectivity index (χ4n) is 1.57. The average molecular weight is 285 g/mol. The summed E-state index contributed by atoms with van der Waals surface area (Å²) in [6, 6.07) is 2.95. The molecule has 0 bridgehead atoms. The number of nitrogen functional groups attached to an aromatic ring is 1. The highest BCUT2D eigenvalue weighted by atomic mass is 35.5. The molecule has 4 N–H and O–H groups in total. The van der Waals surface area contributed by atoms with E-state index in [9.17, 15) is 9.90 Å². The quantitative estimate of drug-likeness (QED) is 0.623. The Morgan fingerprint density at radius 1 is 1.74 bits per heavy atom. The van der Waals surface area contributed by atoms with Crippen LogP contribution in [0, 0.1) is 11.3 Å². The van der Waals surface area contributed by atoms with Crippen molar-refractivity contribution in [3.63, 3.8) is 0 Å². The summed E-state index contributed by atoms with van der Waals surface area (Å²) in [5, 5.41) is 27.7. The number of nitrogens with zero attached hydrogens (tertiary/aromatic N) is 3. The van der Waals surface area contributed by atoms with Crippen molar-refractivity contribution in [2.45, 2.75) is 11.7 Å². The van der Waals surface area contributed by atoms with E-state index in [-0.39, 0.29) is 16.7 Å². The highest BCUT2D eigenvalue weighted by Gasteiger charge is 2.50. The van der Waals surface area contributed by atoms with Crippen LogP contribution >= 0.6 is 11.6 Å². The van der Waals surface area contributed by atoms with E-state index in [1.807, 2.05) is 0 Å². The lowest BCUT2D eigenvalue weighted by atomic mass is 10.0. The van der Waals surface area contributed by atoms with Gasteiger partial charge in [-0.3, -0.25) is 0 Å². The van der Waals surface area contributed by atoms with Gasteiger partial charge in [-0.15, -0.1) is 0 Å². The lowest BCUT2D eigenvalue weighted by molar-refractivity contribution is -0.0288. The summed E-state index contributed by atoms with van der Waals surface area (Å²) < 4.78 is 6.03. The summed E-state index contributed by atoms with van der Waals surface area (Å²) in [5.41, 5.74) is 2.62. The Morgan fingerprint density at radius 2 is 2.42 bits per heavy atom. The van der Waals surface area contributed by atoms with Gasteiger partial charge in [0.05, 0.1) is 6.61 Å². The molecule has 1 aliphatic heterocycles. The van der Waals surface area contributed by atoms with Gasteiger partial charge in [0, 0.05) is 6.20 Å². The molecule has 2 atom stereocenters. The topological polar surface area (TPSA) is 134 Å². The molecule has 2 rings (SSSR count). The number of aliphatic hydroxyl groups excluding tert-OH is 2. The predicted octanol–water partition coefficient (Wildman–Crippen LogP) is -1.16. The molecule has 0 fully saturated rings. The lowest BCUT2D eigenvalue weighted by Crippen LogP contribution is -2.43. The molecule has 0 aliphatic carbocycles. The Kier molecular flexibility index (Phi) is 3.20. The molecule has 8 nitrogen and oxygen atoms in total. The number of ether oxygens (including phenoxy) is 1. The molecular formula is C10H9ClN4O4. The van der Waals surface area contributed by atoms with Crippen molar-refractivity contribution < 1.29 is 14.9 Å². The van der Waals surface area contributed by atoms with Gasteiger partial charge in [-0.05, 0) is 6.07 Å². The minimum Gasteiger partial charge on any atom is -0.450 e. The van der Waals surface area contributed by atoms with Gasteiger partial charge in [0.2, 0.25) is 11.5 Å². The van der Waals surface area contributed by atoms with E-state index in [0.29, 0.717) is 0 Å². The first-order valence-electron chi connectivity index (χ1n) is 5.09. The monoisotopic (exact) mass is 284 g/mol. The molecule has 0 saturated carbocycles. The molecule has 1 aromatic heterocycles. The first-order chi connectivity index (χ1) is 8.95. The van der Waals surface area contributed by atoms with E-state index < -0.39 is 24.0 Å². The number of aliphatic hydroxyl groups is 2. The Hall–Kier alpha value is -2.08. The summed E-state index contributed by atoms with van der Waals surface area (Å²) in [4.78, 5) is 15.1. The third-order valence-corrected chi connectivity index (χ3v) is 3.00. The Bertz CT molecular complexity index is 650. The molecule has 9 heteroatoms. The molecule has 0 spiro atoms. The molecule has 0 radical (unpaired) electrons. The summed E-state index contributed by atoms with van der Waals surface area (Å²) in [6.45, 7) is -0.790. The van der Waals surface area contributed by atoms with Crippen molar-refractivity contribution in [2.75, 3.05) is 12.3 Å². The normalized spacial score (nSPS) is 26.1. The van der Waals surface area contributed by atoms with Crippen molar-refractivity contribution in [2.24, 2.45) is 0 Å². The van der Waals surface area contributed by atoms with Gasteiger partial charge in [-0.25, -0.2) is 9.36 Å². The van der Waals surface area contributed by atoms with Crippen LogP contribution in [-0.4, -0.2) is 38.1 Å². The van der Waals surface area contributed by atoms with E-state index in [1.54, 1.807) is 6.07 Å². The third-order valence-electron chi connectivity index (χ3n) is 2.63. The van der Waals surface area contributed by atoms with Crippen LogP contribution in [0.5, 0.6) is 0 Å². The first kappa shape index (κ1) is 13.4. The van der Waals surface area contributed by atoms with Gasteiger partial charge in [0.25, 0.3) is 0 Å². The summed E-state index contributed by atoms with van der Waals surface area (Å²) in [7, 11) is 0. The fraction of sp³-hybridized carbons (Fsp3) is 0.300. The molecule has 100 valence electrons. The summed E-state index contributed by atoms with van der Waals surface area (Å²) in [5.74, 6) is -0.257. The first-order valence-corrected chi connectivity index (χ1v) is 5.47. The van der Waals surface area contributed by atoms with Crippen molar-refractivity contribution in [1.29, 1.82) is 5.26 Å². The van der Waals surface area contributed by atoms with Crippen LogP contribution in [0.25, 0.3) is 5.88 Å². The number of aromatic nitrogens is 2. The molecule has 2 heterocycles. The molecule has 0 amide bonds. The molecular weight excluding hydrogens is 276 g/mol. The van der Waals surface area contributed by atoms with E-state index >= 15 is 0 Å². The largest absolute Gasteiger partial charge is 0.450 e. The van der Waals surface area contributed by atoms with Gasteiger partial charge in [-0.1, -0.05) is 11.6 Å². The van der Waals surface area contributed by atoms with Gasteiger partial charge < -0.3 is 20.7 Å². The fourth-order valence-corrected chi connectivity index (χ4v) is 1.88. The van der Waals surface area contributed by atoms with Crippen molar-refractivity contribution in [3.05, 3.63) is 27.8 Å². The molecule has 19 heavy (non-hydrogen) atoms. The van der Waals surface area contributed by atoms with Crippen LogP contribution in [0.1, 0.15) is 0 Å². The zero-order valence-electron chi connectivity index (χ0n) is 9.45. The Labute approximate surface area is 111 Å². The van der Waals surface area contributed by atoms with Crippen LogP contribution in [0.3, 0.4) is 0 Å². The zero-order chi connectivity index (χ0) is 14.2. The second kappa shape index (κ2) is 4.55. The minimum absolute atomic E-state index is 0.00484. The van der Waals surface area contributed by atoms with Crippen LogP contribution in [0.2, 0.25) is 0 Å². The second-order valence-electron chi connectivity index (χ2n) is 3.82. The molecule has 0 saturated heterocycles. The maximum absolute atomic E-state index is 11.6. The number of hydrogen-bond donors (Lipinski definition) is 3. The van der Waals surface area contributed by atoms with Gasteiger partial charge in [-0.2, -0.15) is 10.2 Å². The number of nitriles is 1. The number of hydrogen-bond acceptors (Lipinski definition) is 7. The number of rotatable bonds is 2. The van der Waals surface area contributed by atoms with Crippen LogP contribution < -0.4 is 11.4 Å². The maximum Gasteiger partial charge on any atom is 0.356 e. The highest BCUT2D eigenvalue weighted by molar-refractivity contribution is 6.32. The zero-order valence-corrected chi connectivity index (χ0v) is 10.2. The van der Waals surface area contributed by atoms with E-state index in [0.717, 1.165) is 4.57 Å². The van der Waals surface area contributed by atoms with E-state index in [1.165, 1.54) is 12.3 Å². The van der Waals surface area contributed by atoms with Crippen molar-refractivity contribution in [1.82, 2.24) is 9.55 Å². The SMILES string of the molecule is N#C[C@]1(CO)OC(n2ccc(N)nc2=O)=C(Cl)[C@@H]1O. The van der Waals surface area contributed by atoms with Gasteiger partial charge in [0.15, 0.2) is 6.10 Å². The second-order valence-corrected chi connectivity index (χ2v) is 4.23. The minimum atomic E-state index is -1.94. The smallest absolute Gasteiger partial charge is 0.356 e. The molecule has 0 unspecified atom stereocenters. The third kappa shape index (κ3) is 1.94. The van der Waals surface area contributed by atoms with E-state index in [4.69, 9.17) is 32.4 Å². The summed E-state index contributed by atoms with van der Waals surface area (Å²) >= 11 is 5.84. The predicted molar refractivity (Wildman–Crippen MR) is 64.5 cm³/mol. The number of anilines is 1. The number of nitrogens with two attached hydrogens (primary N) is 1. The molecule has 1 aromatic rings. The van der Waals surface area contributed by atoms with Gasteiger partial charge in [0.1, 0.15) is 16.9 Å². The Morgan fingerprint density at radius 3 is 2.89 bits per heavy atom. The average Bonchev–Trinajstić information content (AvgIpc) is 2.64. The van der Waals surface area contributed by atoms with Gasteiger partial charge >= 0.3 is 5.69 Å². The highest BCUT2D eigenvalue weighted by Crippen LogP contribution is 2.37. The van der Waals surface area contributed by atoms with Crippen molar-refractivity contribution in [3.8, 4) is 6.07 Å². The summed E-state index contributed by atoms with van der Waals surface area (Å²) in [6.07, 6.45) is -0.330. The maximum atomic E-state index is 11.6. The lowest BCUT2D eigenvalue weighted by Gasteiger charge is -2.22. The number of halogens is 1. The standard InChI is InChI=1S/C10H9ClN4O4/c11-6-7(17)10(3-12,4-16)19-8(6)15-2-1-5(13)14-9(15)18/h1-2,7,16-17H,4H2,(H2,13,14,18)/t7-,10+/m0/s1. The van der Waals surface area contributed by atoms with Crippen LogP contribution in [0.4, 0.5) is 5.82 Å². The molecule has 1 aliphatic rings. The van der Waals surface area contributed by atoms with Crippen LogP contribution in [0.15, 0.2) is 22.1 Å². The van der Waals surface area contributed by atoms with E-state index in [2.05, 4.69) is 4.98 Å². The van der Waals surface area contributed by atoms with Crippen molar-refractivity contribution >= 4 is 23.3 Å². The van der Waals surface area contributed by atoms with Crippen LogP contribution in [-0.2, 0) is 4.74 Å². The molecule has 0 aromatic carbocycles.